The predicted molar refractivity (Wildman–Crippen MR) is 103 cm³/mol. The fourth-order valence-corrected chi connectivity index (χ4v) is 4.18. The lowest BCUT2D eigenvalue weighted by molar-refractivity contribution is 0.0755. The van der Waals surface area contributed by atoms with Crippen LogP contribution in [-0.4, -0.2) is 37.0 Å². The summed E-state index contributed by atoms with van der Waals surface area (Å²) in [7, 11) is -2.24. The zero-order valence-electron chi connectivity index (χ0n) is 15.1. The van der Waals surface area contributed by atoms with Crippen molar-refractivity contribution in [2.45, 2.75) is 18.2 Å². The van der Waals surface area contributed by atoms with Crippen LogP contribution in [0.4, 0.5) is 0 Å². The normalized spacial score (nSPS) is 11.5. The number of amides is 1. The van der Waals surface area contributed by atoms with Crippen LogP contribution in [0.5, 0.6) is 5.75 Å². The summed E-state index contributed by atoms with van der Waals surface area (Å²) in [6, 6.07) is 12.7. The second-order valence-electron chi connectivity index (χ2n) is 6.06. The molecule has 8 heteroatoms. The van der Waals surface area contributed by atoms with Crippen molar-refractivity contribution in [1.82, 2.24) is 8.98 Å². The van der Waals surface area contributed by atoms with Gasteiger partial charge in [0.15, 0.2) is 0 Å². The Balaban J connectivity index is 1.95. The van der Waals surface area contributed by atoms with Crippen molar-refractivity contribution in [3.63, 3.8) is 0 Å². The first-order chi connectivity index (χ1) is 12.9. The van der Waals surface area contributed by atoms with Crippen LogP contribution in [0.25, 0.3) is 10.9 Å². The lowest BCUT2D eigenvalue weighted by Gasteiger charge is -2.15. The summed E-state index contributed by atoms with van der Waals surface area (Å²) < 4.78 is 32.4. The highest BCUT2D eigenvalue weighted by Crippen LogP contribution is 2.25. The van der Waals surface area contributed by atoms with Gasteiger partial charge in [-0.1, -0.05) is 6.92 Å². The minimum Gasteiger partial charge on any atom is -0.497 e. The van der Waals surface area contributed by atoms with E-state index in [2.05, 4.69) is 0 Å². The van der Waals surface area contributed by atoms with Crippen molar-refractivity contribution >= 4 is 26.8 Å². The van der Waals surface area contributed by atoms with E-state index >= 15 is 0 Å². The van der Waals surface area contributed by atoms with Crippen molar-refractivity contribution < 1.29 is 17.9 Å². The average Bonchev–Trinajstić information content (AvgIpc) is 3.11. The first kappa shape index (κ1) is 18.9. The fourth-order valence-electron chi connectivity index (χ4n) is 2.82. The lowest BCUT2D eigenvalue weighted by Crippen LogP contribution is -2.37. The third-order valence-electron chi connectivity index (χ3n) is 4.25. The molecule has 1 amide bonds. The zero-order valence-corrected chi connectivity index (χ0v) is 15.9. The molecule has 0 fully saturated rings. The Hall–Kier alpha value is -2.84. The van der Waals surface area contributed by atoms with Gasteiger partial charge in [-0.05, 0) is 55.0 Å². The molecule has 0 atom stereocenters. The summed E-state index contributed by atoms with van der Waals surface area (Å²) in [4.78, 5) is 12.3. The van der Waals surface area contributed by atoms with Crippen LogP contribution in [0.2, 0.25) is 0 Å². The van der Waals surface area contributed by atoms with Crippen LogP contribution in [0.15, 0.2) is 59.6 Å². The molecule has 0 aliphatic heterocycles. The van der Waals surface area contributed by atoms with Crippen LogP contribution in [-0.2, 0) is 10.0 Å². The number of ether oxygens (including phenoxy) is 1. The van der Waals surface area contributed by atoms with Gasteiger partial charge in [-0.15, -0.1) is 0 Å². The van der Waals surface area contributed by atoms with E-state index in [1.54, 1.807) is 31.4 Å². The van der Waals surface area contributed by atoms with E-state index in [-0.39, 0.29) is 10.8 Å². The molecule has 3 rings (SSSR count). The molecule has 27 heavy (non-hydrogen) atoms. The molecule has 0 unspecified atom stereocenters. The van der Waals surface area contributed by atoms with Gasteiger partial charge in [-0.2, -0.15) is 0 Å². The molecule has 0 saturated carbocycles. The summed E-state index contributed by atoms with van der Waals surface area (Å²) >= 11 is 0. The van der Waals surface area contributed by atoms with Crippen molar-refractivity contribution in [2.24, 2.45) is 5.84 Å². The molecule has 0 spiro atoms. The number of hydrogen-bond donors (Lipinski definition) is 1. The monoisotopic (exact) mass is 387 g/mol. The number of carbonyl (C=O) groups excluding carboxylic acids is 1. The fraction of sp³-hybridized carbons (Fsp3) is 0.211. The number of methoxy groups -OCH3 is 1. The molecular weight excluding hydrogens is 366 g/mol. The second-order valence-corrected chi connectivity index (χ2v) is 7.88. The van der Waals surface area contributed by atoms with Gasteiger partial charge in [0.1, 0.15) is 5.75 Å². The molecule has 0 saturated heterocycles. The smallest absolute Gasteiger partial charge is 0.268 e. The molecule has 3 aromatic rings. The maximum Gasteiger partial charge on any atom is 0.268 e. The Labute approximate surface area is 158 Å². The summed E-state index contributed by atoms with van der Waals surface area (Å²) in [5, 5.41) is 1.87. The van der Waals surface area contributed by atoms with Gasteiger partial charge in [0.2, 0.25) is 0 Å². The van der Waals surface area contributed by atoms with Gasteiger partial charge in [0.25, 0.3) is 15.9 Å². The van der Waals surface area contributed by atoms with Crippen molar-refractivity contribution in [3.05, 3.63) is 60.3 Å². The molecule has 0 aliphatic carbocycles. The molecule has 2 aromatic carbocycles. The molecule has 1 heterocycles. The maximum absolute atomic E-state index is 13.0. The number of aromatic nitrogens is 1. The molecule has 142 valence electrons. The van der Waals surface area contributed by atoms with E-state index in [0.717, 1.165) is 16.8 Å². The van der Waals surface area contributed by atoms with Crippen molar-refractivity contribution in [2.75, 3.05) is 13.7 Å². The van der Waals surface area contributed by atoms with Gasteiger partial charge in [0.05, 0.1) is 17.5 Å². The largest absolute Gasteiger partial charge is 0.497 e. The van der Waals surface area contributed by atoms with E-state index in [4.69, 9.17) is 10.6 Å². The Morgan fingerprint density at radius 2 is 1.85 bits per heavy atom. The number of benzene rings is 2. The minimum absolute atomic E-state index is 0.0893. The molecule has 0 aliphatic rings. The highest BCUT2D eigenvalue weighted by atomic mass is 32.2. The summed E-state index contributed by atoms with van der Waals surface area (Å²) in [6.07, 6.45) is 2.24. The van der Waals surface area contributed by atoms with E-state index in [0.29, 0.717) is 23.4 Å². The van der Waals surface area contributed by atoms with E-state index in [9.17, 15) is 13.2 Å². The minimum atomic E-state index is -3.80. The third kappa shape index (κ3) is 3.54. The standard InChI is InChI=1S/C19H21N3O4S/c1-3-11-21(20)19(23)14-4-7-17(8-5-14)27(24,25)22-12-10-15-13-16(26-2)6-9-18(15)22/h4-10,12-13H,3,11,20H2,1-2H3. The van der Waals surface area contributed by atoms with E-state index in [1.807, 2.05) is 6.92 Å². The van der Waals surface area contributed by atoms with Crippen LogP contribution in [0, 0.1) is 0 Å². The highest BCUT2D eigenvalue weighted by Gasteiger charge is 2.20. The Kier molecular flexibility index (Phi) is 5.20. The molecule has 2 N–H and O–H groups in total. The van der Waals surface area contributed by atoms with Gasteiger partial charge in [-0.3, -0.25) is 9.80 Å². The average molecular weight is 387 g/mol. The maximum atomic E-state index is 13.0. The van der Waals surface area contributed by atoms with E-state index in [1.165, 1.54) is 34.4 Å². The van der Waals surface area contributed by atoms with Crippen molar-refractivity contribution in [3.8, 4) is 5.75 Å². The molecule has 0 bridgehead atoms. The van der Waals surface area contributed by atoms with E-state index < -0.39 is 10.0 Å². The number of nitrogens with two attached hydrogens (primary N) is 1. The first-order valence-electron chi connectivity index (χ1n) is 8.45. The molecular formula is C19H21N3O4S. The number of rotatable bonds is 6. The zero-order chi connectivity index (χ0) is 19.6. The van der Waals surface area contributed by atoms with Crippen LogP contribution >= 0.6 is 0 Å². The van der Waals surface area contributed by atoms with Gasteiger partial charge >= 0.3 is 0 Å². The number of fused-ring (bicyclic) bond motifs is 1. The van der Waals surface area contributed by atoms with Crippen LogP contribution < -0.4 is 10.6 Å². The molecule has 0 radical (unpaired) electrons. The first-order valence-corrected chi connectivity index (χ1v) is 9.89. The lowest BCUT2D eigenvalue weighted by atomic mass is 10.2. The second kappa shape index (κ2) is 7.42. The number of hydrazine groups is 1. The highest BCUT2D eigenvalue weighted by molar-refractivity contribution is 7.90. The summed E-state index contributed by atoms with van der Waals surface area (Å²) in [5.41, 5.74) is 0.888. The Morgan fingerprint density at radius 1 is 1.15 bits per heavy atom. The van der Waals surface area contributed by atoms with Gasteiger partial charge in [-0.25, -0.2) is 18.2 Å². The molecule has 7 nitrogen and oxygen atoms in total. The Morgan fingerprint density at radius 3 is 2.48 bits per heavy atom. The van der Waals surface area contributed by atoms with Gasteiger partial charge in [0, 0.05) is 23.7 Å². The number of nitrogens with zero attached hydrogens (tertiary/aromatic N) is 2. The molecule has 1 aromatic heterocycles. The summed E-state index contributed by atoms with van der Waals surface area (Å²) in [5.74, 6) is 6.00. The van der Waals surface area contributed by atoms with Crippen LogP contribution in [0.3, 0.4) is 0 Å². The van der Waals surface area contributed by atoms with Crippen LogP contribution in [0.1, 0.15) is 23.7 Å². The number of hydrogen-bond acceptors (Lipinski definition) is 5. The SMILES string of the molecule is CCCN(N)C(=O)c1ccc(S(=O)(=O)n2ccc3cc(OC)ccc32)cc1. The summed E-state index contributed by atoms with van der Waals surface area (Å²) in [6.45, 7) is 2.34. The van der Waals surface area contributed by atoms with Crippen molar-refractivity contribution in [1.29, 1.82) is 0 Å². The Bertz CT molecular complexity index is 1070. The van der Waals surface area contributed by atoms with Gasteiger partial charge < -0.3 is 4.74 Å². The predicted octanol–water partition coefficient (Wildman–Crippen LogP) is 2.61. The third-order valence-corrected chi connectivity index (χ3v) is 5.95. The number of carbonyl (C=O) groups is 1. The topological polar surface area (TPSA) is 94.6 Å². The quantitative estimate of drug-likeness (QED) is 0.399.